The van der Waals surface area contributed by atoms with E-state index >= 15 is 0 Å². The Hall–Kier alpha value is -3.79. The van der Waals surface area contributed by atoms with Crippen LogP contribution in [0.2, 0.25) is 0 Å². The Morgan fingerprint density at radius 1 is 1.19 bits per heavy atom. The molecule has 2 aromatic heterocycles. The van der Waals surface area contributed by atoms with Gasteiger partial charge in [-0.15, -0.1) is 11.3 Å². The summed E-state index contributed by atoms with van der Waals surface area (Å²) in [6.45, 7) is 1.95. The zero-order valence-corrected chi connectivity index (χ0v) is 17.7. The van der Waals surface area contributed by atoms with Gasteiger partial charge in [0.15, 0.2) is 17.0 Å². The lowest BCUT2D eigenvalue weighted by atomic mass is 10.1. The standard InChI is InChI=1S/C22H17FN4O4S/c1-12-25-20-21(32-12)19(14-3-5-15(23)6-4-14)26-27(22(20)29)10-18(28)24-9-13-2-7-16-17(8-13)31-11-30-16/h2-8H,9-11H2,1H3,(H,24,28). The Bertz CT molecular complexity index is 1400. The van der Waals surface area contributed by atoms with E-state index in [-0.39, 0.29) is 37.1 Å². The van der Waals surface area contributed by atoms with Crippen molar-refractivity contribution in [2.45, 2.75) is 20.0 Å². The normalized spacial score (nSPS) is 12.3. The van der Waals surface area contributed by atoms with Crippen molar-refractivity contribution in [3.8, 4) is 22.8 Å². The average molecular weight is 452 g/mol. The lowest BCUT2D eigenvalue weighted by molar-refractivity contribution is -0.122. The van der Waals surface area contributed by atoms with Crippen LogP contribution < -0.4 is 20.3 Å². The second-order valence-electron chi connectivity index (χ2n) is 7.19. The number of hydrogen-bond acceptors (Lipinski definition) is 7. The first-order valence-corrected chi connectivity index (χ1v) is 10.6. The number of nitrogens with zero attached hydrogens (tertiary/aromatic N) is 3. The first-order valence-electron chi connectivity index (χ1n) is 9.77. The highest BCUT2D eigenvalue weighted by molar-refractivity contribution is 7.19. The first kappa shape index (κ1) is 20.1. The summed E-state index contributed by atoms with van der Waals surface area (Å²) >= 11 is 1.33. The van der Waals surface area contributed by atoms with Crippen molar-refractivity contribution in [3.05, 3.63) is 69.2 Å². The molecule has 5 rings (SSSR count). The minimum Gasteiger partial charge on any atom is -0.454 e. The molecule has 0 bridgehead atoms. The van der Waals surface area contributed by atoms with Crippen molar-refractivity contribution in [1.29, 1.82) is 0 Å². The number of carbonyl (C=O) groups is 1. The molecule has 0 atom stereocenters. The molecule has 1 amide bonds. The second-order valence-corrected chi connectivity index (χ2v) is 8.40. The Labute approximate surface area is 185 Å². The van der Waals surface area contributed by atoms with Gasteiger partial charge < -0.3 is 14.8 Å². The van der Waals surface area contributed by atoms with E-state index in [9.17, 15) is 14.0 Å². The lowest BCUT2D eigenvalue weighted by Crippen LogP contribution is -2.33. The Morgan fingerprint density at radius 3 is 2.78 bits per heavy atom. The Balaban J connectivity index is 1.41. The molecule has 1 aliphatic heterocycles. The van der Waals surface area contributed by atoms with E-state index < -0.39 is 5.56 Å². The number of aryl methyl sites for hydroxylation is 1. The molecule has 0 saturated heterocycles. The van der Waals surface area contributed by atoms with Crippen LogP contribution in [-0.4, -0.2) is 27.5 Å². The fourth-order valence-corrected chi connectivity index (χ4v) is 4.33. The van der Waals surface area contributed by atoms with Gasteiger partial charge in [0.05, 0.1) is 9.71 Å². The number of thiazole rings is 1. The minimum atomic E-state index is -0.451. The number of hydrogen-bond donors (Lipinski definition) is 1. The predicted octanol–water partition coefficient (Wildman–Crippen LogP) is 3.01. The molecule has 1 aliphatic rings. The molecule has 0 spiro atoms. The number of fused-ring (bicyclic) bond motifs is 2. The van der Waals surface area contributed by atoms with Crippen molar-refractivity contribution in [2.24, 2.45) is 0 Å². The second kappa shape index (κ2) is 8.04. The summed E-state index contributed by atoms with van der Waals surface area (Å²) in [4.78, 5) is 29.8. The summed E-state index contributed by atoms with van der Waals surface area (Å²) in [5, 5.41) is 7.90. The van der Waals surface area contributed by atoms with Crippen LogP contribution in [0.25, 0.3) is 21.5 Å². The van der Waals surface area contributed by atoms with E-state index in [1.807, 2.05) is 6.07 Å². The largest absolute Gasteiger partial charge is 0.454 e. The van der Waals surface area contributed by atoms with Gasteiger partial charge in [0.2, 0.25) is 12.7 Å². The third-order valence-electron chi connectivity index (χ3n) is 4.94. The monoisotopic (exact) mass is 452 g/mol. The van der Waals surface area contributed by atoms with Gasteiger partial charge in [-0.2, -0.15) is 5.10 Å². The van der Waals surface area contributed by atoms with Gasteiger partial charge in [-0.1, -0.05) is 6.07 Å². The van der Waals surface area contributed by atoms with Crippen LogP contribution in [0.4, 0.5) is 4.39 Å². The van der Waals surface area contributed by atoms with Crippen molar-refractivity contribution < 1.29 is 18.7 Å². The molecular weight excluding hydrogens is 435 g/mol. The fraction of sp³-hybridized carbons (Fsp3) is 0.182. The van der Waals surface area contributed by atoms with Crippen LogP contribution in [0.5, 0.6) is 11.5 Å². The topological polar surface area (TPSA) is 95.3 Å². The van der Waals surface area contributed by atoms with Gasteiger partial charge in [-0.05, 0) is 48.9 Å². The summed E-state index contributed by atoms with van der Waals surface area (Å²) in [7, 11) is 0. The smallest absolute Gasteiger partial charge is 0.294 e. The molecule has 3 heterocycles. The molecule has 4 aromatic rings. The Kier molecular flexibility index (Phi) is 5.06. The average Bonchev–Trinajstić information content (AvgIpc) is 3.41. The highest BCUT2D eigenvalue weighted by atomic mass is 32.1. The zero-order valence-electron chi connectivity index (χ0n) is 16.9. The fourth-order valence-electron chi connectivity index (χ4n) is 3.41. The van der Waals surface area contributed by atoms with Crippen LogP contribution in [0.1, 0.15) is 10.6 Å². The quantitative estimate of drug-likeness (QED) is 0.500. The van der Waals surface area contributed by atoms with Crippen LogP contribution in [0, 0.1) is 12.7 Å². The number of aromatic nitrogens is 3. The van der Waals surface area contributed by atoms with E-state index in [1.54, 1.807) is 31.2 Å². The van der Waals surface area contributed by atoms with Gasteiger partial charge >= 0.3 is 0 Å². The van der Waals surface area contributed by atoms with Gasteiger partial charge in [-0.25, -0.2) is 14.1 Å². The van der Waals surface area contributed by atoms with E-state index in [0.29, 0.717) is 32.5 Å². The zero-order chi connectivity index (χ0) is 22.2. The maximum absolute atomic E-state index is 13.4. The molecule has 162 valence electrons. The van der Waals surface area contributed by atoms with Crippen molar-refractivity contribution >= 4 is 27.5 Å². The highest BCUT2D eigenvalue weighted by Gasteiger charge is 2.18. The molecule has 32 heavy (non-hydrogen) atoms. The molecule has 10 heteroatoms. The van der Waals surface area contributed by atoms with E-state index in [2.05, 4.69) is 15.4 Å². The number of rotatable bonds is 5. The number of benzene rings is 2. The molecule has 8 nitrogen and oxygen atoms in total. The summed E-state index contributed by atoms with van der Waals surface area (Å²) in [5.74, 6) is 0.536. The lowest BCUT2D eigenvalue weighted by Gasteiger charge is -2.10. The van der Waals surface area contributed by atoms with Crippen LogP contribution in [0.15, 0.2) is 47.3 Å². The number of amides is 1. The molecule has 0 saturated carbocycles. The number of halogens is 1. The van der Waals surface area contributed by atoms with Crippen molar-refractivity contribution in [2.75, 3.05) is 6.79 Å². The summed E-state index contributed by atoms with van der Waals surface area (Å²) in [5.41, 5.74) is 1.74. The van der Waals surface area contributed by atoms with Gasteiger partial charge in [0.1, 0.15) is 18.1 Å². The number of nitrogens with one attached hydrogen (secondary N) is 1. The maximum Gasteiger partial charge on any atom is 0.294 e. The Morgan fingerprint density at radius 2 is 1.97 bits per heavy atom. The molecule has 0 aliphatic carbocycles. The summed E-state index contributed by atoms with van der Waals surface area (Å²) in [6.07, 6.45) is 0. The first-order chi connectivity index (χ1) is 15.5. The maximum atomic E-state index is 13.4. The summed E-state index contributed by atoms with van der Waals surface area (Å²) < 4.78 is 25.7. The number of ether oxygens (including phenoxy) is 2. The number of carbonyl (C=O) groups excluding carboxylic acids is 1. The molecule has 2 aromatic carbocycles. The molecule has 1 N–H and O–H groups in total. The molecule has 0 unspecified atom stereocenters. The van der Waals surface area contributed by atoms with Gasteiger partial charge in [-0.3, -0.25) is 9.59 Å². The van der Waals surface area contributed by atoms with E-state index in [4.69, 9.17) is 9.47 Å². The molecule has 0 radical (unpaired) electrons. The van der Waals surface area contributed by atoms with Crippen LogP contribution in [-0.2, 0) is 17.9 Å². The van der Waals surface area contributed by atoms with E-state index in [1.165, 1.54) is 23.5 Å². The van der Waals surface area contributed by atoms with Gasteiger partial charge in [0, 0.05) is 12.1 Å². The predicted molar refractivity (Wildman–Crippen MR) is 116 cm³/mol. The molecule has 0 fully saturated rings. The SMILES string of the molecule is Cc1nc2c(=O)n(CC(=O)NCc3ccc4c(c3)OCO4)nc(-c3ccc(F)cc3)c2s1. The van der Waals surface area contributed by atoms with Crippen molar-refractivity contribution in [3.63, 3.8) is 0 Å². The third-order valence-corrected chi connectivity index (χ3v) is 5.92. The minimum absolute atomic E-state index is 0.175. The van der Waals surface area contributed by atoms with Crippen molar-refractivity contribution in [1.82, 2.24) is 20.1 Å². The van der Waals surface area contributed by atoms with Crippen LogP contribution >= 0.6 is 11.3 Å². The summed E-state index contributed by atoms with van der Waals surface area (Å²) in [6, 6.07) is 11.2. The highest BCUT2D eigenvalue weighted by Crippen LogP contribution is 2.32. The third kappa shape index (κ3) is 3.80. The van der Waals surface area contributed by atoms with Crippen LogP contribution in [0.3, 0.4) is 0 Å². The molecular formula is C22H17FN4O4S. The van der Waals surface area contributed by atoms with Gasteiger partial charge in [0.25, 0.3) is 5.56 Å². The van der Waals surface area contributed by atoms with E-state index in [0.717, 1.165) is 10.2 Å².